The van der Waals surface area contributed by atoms with E-state index in [1.807, 2.05) is 4.90 Å². The fourth-order valence-electron chi connectivity index (χ4n) is 2.54. The lowest BCUT2D eigenvalue weighted by Gasteiger charge is -2.25. The van der Waals surface area contributed by atoms with Crippen molar-refractivity contribution in [1.29, 1.82) is 0 Å². The molecule has 6 heteroatoms. The van der Waals surface area contributed by atoms with Gasteiger partial charge in [-0.2, -0.15) is 0 Å². The van der Waals surface area contributed by atoms with Gasteiger partial charge in [0, 0.05) is 24.8 Å². The Morgan fingerprint density at radius 2 is 2.26 bits per heavy atom. The Hall–Kier alpha value is -1.69. The highest BCUT2D eigenvalue weighted by molar-refractivity contribution is 5.92. The number of nitrogens with one attached hydrogen (secondary N) is 2. The normalized spacial score (nSPS) is 22.4. The molecule has 19 heavy (non-hydrogen) atoms. The van der Waals surface area contributed by atoms with Crippen LogP contribution in [0.5, 0.6) is 0 Å². The van der Waals surface area contributed by atoms with E-state index in [2.05, 4.69) is 15.3 Å². The largest absolute Gasteiger partial charge is 0.333 e. The number of rotatable bonds is 4. The van der Waals surface area contributed by atoms with Gasteiger partial charge in [-0.15, -0.1) is 0 Å². The Morgan fingerprint density at radius 3 is 2.84 bits per heavy atom. The van der Waals surface area contributed by atoms with Gasteiger partial charge >= 0.3 is 0 Å². The van der Waals surface area contributed by atoms with Crippen LogP contribution in [0, 0.1) is 0 Å². The number of carbonyl (C=O) groups is 1. The first kappa shape index (κ1) is 12.3. The SMILES string of the molecule is O=C(c1c[nH]c(=O)cn1)N(CC1CCCN1)C1CC1. The highest BCUT2D eigenvalue weighted by Gasteiger charge is 2.35. The van der Waals surface area contributed by atoms with E-state index in [9.17, 15) is 9.59 Å². The van der Waals surface area contributed by atoms with Crippen molar-refractivity contribution in [2.45, 2.75) is 37.8 Å². The van der Waals surface area contributed by atoms with E-state index in [0.717, 1.165) is 38.5 Å². The second-order valence-electron chi connectivity index (χ2n) is 5.28. The molecule has 2 N–H and O–H groups in total. The first-order valence-corrected chi connectivity index (χ1v) is 6.83. The predicted molar refractivity (Wildman–Crippen MR) is 69.9 cm³/mol. The van der Waals surface area contributed by atoms with Gasteiger partial charge in [-0.05, 0) is 32.2 Å². The van der Waals surface area contributed by atoms with Gasteiger partial charge in [-0.25, -0.2) is 4.98 Å². The summed E-state index contributed by atoms with van der Waals surface area (Å²) in [6, 6.07) is 0.746. The maximum Gasteiger partial charge on any atom is 0.274 e. The lowest BCUT2D eigenvalue weighted by molar-refractivity contribution is 0.0722. The number of carbonyl (C=O) groups excluding carboxylic acids is 1. The second kappa shape index (κ2) is 5.13. The zero-order valence-electron chi connectivity index (χ0n) is 10.8. The summed E-state index contributed by atoms with van der Waals surface area (Å²) in [7, 11) is 0. The van der Waals surface area contributed by atoms with Gasteiger partial charge in [-0.3, -0.25) is 9.59 Å². The molecule has 102 valence electrons. The smallest absolute Gasteiger partial charge is 0.274 e. The quantitative estimate of drug-likeness (QED) is 0.808. The van der Waals surface area contributed by atoms with Crippen LogP contribution >= 0.6 is 0 Å². The van der Waals surface area contributed by atoms with Gasteiger partial charge in [0.2, 0.25) is 0 Å². The number of hydrogen-bond donors (Lipinski definition) is 2. The van der Waals surface area contributed by atoms with Gasteiger partial charge in [0.25, 0.3) is 11.5 Å². The van der Waals surface area contributed by atoms with E-state index in [1.165, 1.54) is 12.6 Å². The topological polar surface area (TPSA) is 78.1 Å². The van der Waals surface area contributed by atoms with Crippen molar-refractivity contribution < 1.29 is 4.79 Å². The summed E-state index contributed by atoms with van der Waals surface area (Å²) < 4.78 is 0. The highest BCUT2D eigenvalue weighted by atomic mass is 16.2. The molecule has 1 aliphatic carbocycles. The molecule has 2 fully saturated rings. The van der Waals surface area contributed by atoms with Crippen LogP contribution in [0.25, 0.3) is 0 Å². The van der Waals surface area contributed by atoms with Crippen LogP contribution in [0.4, 0.5) is 0 Å². The molecular weight excluding hydrogens is 244 g/mol. The van der Waals surface area contributed by atoms with E-state index < -0.39 is 0 Å². The first-order chi connectivity index (χ1) is 9.24. The highest BCUT2D eigenvalue weighted by Crippen LogP contribution is 2.28. The Morgan fingerprint density at radius 1 is 1.42 bits per heavy atom. The predicted octanol–water partition coefficient (Wildman–Crippen LogP) is 0.126. The van der Waals surface area contributed by atoms with Crippen molar-refractivity contribution in [2.75, 3.05) is 13.1 Å². The maximum atomic E-state index is 12.4. The third-order valence-corrected chi connectivity index (χ3v) is 3.72. The lowest BCUT2D eigenvalue weighted by Crippen LogP contribution is -2.42. The number of aromatic amines is 1. The molecule has 1 aromatic rings. The van der Waals surface area contributed by atoms with Gasteiger partial charge in [0.1, 0.15) is 5.69 Å². The molecule has 0 aromatic carbocycles. The molecule has 1 atom stereocenters. The van der Waals surface area contributed by atoms with Crippen molar-refractivity contribution in [2.24, 2.45) is 0 Å². The van der Waals surface area contributed by atoms with Crippen LogP contribution in [-0.4, -0.2) is 45.9 Å². The summed E-state index contributed by atoms with van der Waals surface area (Å²) in [4.78, 5) is 31.8. The van der Waals surface area contributed by atoms with Crippen molar-refractivity contribution >= 4 is 5.91 Å². The van der Waals surface area contributed by atoms with Crippen molar-refractivity contribution in [3.05, 3.63) is 28.4 Å². The molecule has 6 nitrogen and oxygen atoms in total. The van der Waals surface area contributed by atoms with E-state index in [0.29, 0.717) is 17.8 Å². The minimum Gasteiger partial charge on any atom is -0.333 e. The van der Waals surface area contributed by atoms with E-state index in [-0.39, 0.29) is 11.5 Å². The molecular formula is C13H18N4O2. The Kier molecular flexibility index (Phi) is 3.33. The molecule has 1 saturated carbocycles. The van der Waals surface area contributed by atoms with Gasteiger partial charge in [0.05, 0.1) is 6.20 Å². The fraction of sp³-hybridized carbons (Fsp3) is 0.615. The van der Waals surface area contributed by atoms with E-state index in [4.69, 9.17) is 0 Å². The Labute approximate surface area is 111 Å². The van der Waals surface area contributed by atoms with Crippen LogP contribution in [0.1, 0.15) is 36.2 Å². The van der Waals surface area contributed by atoms with Crippen molar-refractivity contribution in [3.63, 3.8) is 0 Å². The zero-order chi connectivity index (χ0) is 13.2. The molecule has 1 aromatic heterocycles. The third-order valence-electron chi connectivity index (χ3n) is 3.72. The summed E-state index contributed by atoms with van der Waals surface area (Å²) in [6.07, 6.45) is 7.00. The number of nitrogens with zero attached hydrogens (tertiary/aromatic N) is 2. The third kappa shape index (κ3) is 2.84. The number of aromatic nitrogens is 2. The molecule has 1 saturated heterocycles. The maximum absolute atomic E-state index is 12.4. The molecule has 1 unspecified atom stereocenters. The molecule has 0 radical (unpaired) electrons. The summed E-state index contributed by atoms with van der Waals surface area (Å²) in [5.41, 5.74) is 0.0384. The van der Waals surface area contributed by atoms with Crippen LogP contribution in [0.2, 0.25) is 0 Å². The fourth-order valence-corrected chi connectivity index (χ4v) is 2.54. The molecule has 1 aliphatic heterocycles. The summed E-state index contributed by atoms with van der Waals surface area (Å²) in [6.45, 7) is 1.78. The van der Waals surface area contributed by atoms with Gasteiger partial charge < -0.3 is 15.2 Å². The molecule has 0 spiro atoms. The average Bonchev–Trinajstić information content (AvgIpc) is 3.13. The van der Waals surface area contributed by atoms with Crippen LogP contribution in [0.15, 0.2) is 17.2 Å². The zero-order valence-corrected chi connectivity index (χ0v) is 10.8. The number of hydrogen-bond acceptors (Lipinski definition) is 4. The first-order valence-electron chi connectivity index (χ1n) is 6.83. The molecule has 2 aliphatic rings. The lowest BCUT2D eigenvalue weighted by atomic mass is 10.2. The van der Waals surface area contributed by atoms with Crippen LogP contribution in [-0.2, 0) is 0 Å². The monoisotopic (exact) mass is 262 g/mol. The van der Waals surface area contributed by atoms with E-state index >= 15 is 0 Å². The Bertz CT molecular complexity index is 497. The molecule has 1 amide bonds. The summed E-state index contributed by atoms with van der Waals surface area (Å²) in [5, 5.41) is 3.41. The van der Waals surface area contributed by atoms with Gasteiger partial charge in [0.15, 0.2) is 0 Å². The van der Waals surface area contributed by atoms with Crippen molar-refractivity contribution in [1.82, 2.24) is 20.2 Å². The summed E-state index contributed by atoms with van der Waals surface area (Å²) >= 11 is 0. The average molecular weight is 262 g/mol. The molecule has 0 bridgehead atoms. The number of H-pyrrole nitrogens is 1. The number of amides is 1. The Balaban J connectivity index is 1.73. The second-order valence-corrected chi connectivity index (χ2v) is 5.28. The minimum absolute atomic E-state index is 0.0764. The van der Waals surface area contributed by atoms with Crippen LogP contribution < -0.4 is 10.9 Å². The minimum atomic E-state index is -0.285. The molecule has 3 rings (SSSR count). The van der Waals surface area contributed by atoms with Crippen LogP contribution in [0.3, 0.4) is 0 Å². The van der Waals surface area contributed by atoms with E-state index in [1.54, 1.807) is 0 Å². The summed E-state index contributed by atoms with van der Waals surface area (Å²) in [5.74, 6) is -0.0764. The van der Waals surface area contributed by atoms with Crippen molar-refractivity contribution in [3.8, 4) is 0 Å². The van der Waals surface area contributed by atoms with Gasteiger partial charge in [-0.1, -0.05) is 0 Å². The standard InChI is InChI=1S/C13H18N4O2/c18-12-7-15-11(6-16-12)13(19)17(10-3-4-10)8-9-2-1-5-14-9/h6-7,9-10,14H,1-5,8H2,(H,16,18). The molecule has 2 heterocycles.